The molecule has 0 radical (unpaired) electrons. The van der Waals surface area contributed by atoms with Gasteiger partial charge in [0.15, 0.2) is 0 Å². The molecule has 6 nitrogen and oxygen atoms in total. The molecule has 6 heteroatoms. The van der Waals surface area contributed by atoms with Crippen LogP contribution in [0.2, 0.25) is 0 Å². The summed E-state index contributed by atoms with van der Waals surface area (Å²) in [5.41, 5.74) is 1.21. The fourth-order valence-electron chi connectivity index (χ4n) is 4.93. The third-order valence-electron chi connectivity index (χ3n) is 6.75. The van der Waals surface area contributed by atoms with Gasteiger partial charge >= 0.3 is 0 Å². The van der Waals surface area contributed by atoms with Crippen LogP contribution in [0.15, 0.2) is 30.3 Å². The first-order chi connectivity index (χ1) is 14.1. The third kappa shape index (κ3) is 5.17. The van der Waals surface area contributed by atoms with Crippen LogP contribution in [0.5, 0.6) is 0 Å². The smallest absolute Gasteiger partial charge is 0.225 e. The summed E-state index contributed by atoms with van der Waals surface area (Å²) < 4.78 is 5.60. The Labute approximate surface area is 173 Å². The number of rotatable bonds is 7. The van der Waals surface area contributed by atoms with Gasteiger partial charge in [0, 0.05) is 51.2 Å². The van der Waals surface area contributed by atoms with E-state index in [0.717, 1.165) is 38.2 Å². The fraction of sp³-hybridized carbons (Fsp3) is 0.652. The first kappa shape index (κ1) is 20.4. The lowest BCUT2D eigenvalue weighted by Crippen LogP contribution is -2.49. The van der Waals surface area contributed by atoms with Crippen LogP contribution in [0, 0.1) is 11.3 Å². The normalized spacial score (nSPS) is 24.8. The second-order valence-corrected chi connectivity index (χ2v) is 8.97. The topological polar surface area (TPSA) is 61.9 Å². The summed E-state index contributed by atoms with van der Waals surface area (Å²) in [7, 11) is 0. The summed E-state index contributed by atoms with van der Waals surface area (Å²) in [4.78, 5) is 29.6. The summed E-state index contributed by atoms with van der Waals surface area (Å²) in [6.45, 7) is 6.72. The summed E-state index contributed by atoms with van der Waals surface area (Å²) in [5.74, 6) is -0.136. The van der Waals surface area contributed by atoms with Crippen molar-refractivity contribution in [1.29, 1.82) is 0 Å². The first-order valence-electron chi connectivity index (χ1n) is 11.0. The highest BCUT2D eigenvalue weighted by molar-refractivity contribution is 5.89. The predicted molar refractivity (Wildman–Crippen MR) is 111 cm³/mol. The molecule has 0 aliphatic carbocycles. The van der Waals surface area contributed by atoms with Crippen molar-refractivity contribution in [2.45, 2.75) is 38.6 Å². The van der Waals surface area contributed by atoms with Gasteiger partial charge < -0.3 is 19.9 Å². The zero-order valence-electron chi connectivity index (χ0n) is 17.3. The zero-order chi connectivity index (χ0) is 20.1. The van der Waals surface area contributed by atoms with E-state index in [0.29, 0.717) is 26.1 Å². The van der Waals surface area contributed by atoms with Crippen LogP contribution >= 0.6 is 0 Å². The molecule has 3 heterocycles. The van der Waals surface area contributed by atoms with Crippen molar-refractivity contribution in [2.24, 2.45) is 11.3 Å². The number of benzene rings is 1. The lowest BCUT2D eigenvalue weighted by Gasteiger charge is -2.40. The Morgan fingerprint density at radius 1 is 1.14 bits per heavy atom. The quantitative estimate of drug-likeness (QED) is 0.762. The lowest BCUT2D eigenvalue weighted by atomic mass is 9.79. The number of nitrogens with one attached hydrogen (secondary N) is 1. The number of carbonyl (C=O) groups is 2. The highest BCUT2D eigenvalue weighted by atomic mass is 16.5. The largest absolute Gasteiger partial charge is 0.381 e. The van der Waals surface area contributed by atoms with E-state index in [1.54, 1.807) is 0 Å². The molecule has 1 aromatic rings. The molecule has 29 heavy (non-hydrogen) atoms. The minimum Gasteiger partial charge on any atom is -0.381 e. The number of amides is 2. The number of ether oxygens (including phenoxy) is 1. The highest BCUT2D eigenvalue weighted by Crippen LogP contribution is 2.32. The summed E-state index contributed by atoms with van der Waals surface area (Å²) >= 11 is 0. The van der Waals surface area contributed by atoms with Gasteiger partial charge in [-0.3, -0.25) is 9.59 Å². The number of hydrogen-bond donors (Lipinski definition) is 1. The molecule has 0 aromatic heterocycles. The van der Waals surface area contributed by atoms with Gasteiger partial charge in [-0.25, -0.2) is 0 Å². The number of nitrogens with zero attached hydrogens (tertiary/aromatic N) is 2. The molecular formula is C23H33N3O3. The molecule has 0 spiro atoms. The van der Waals surface area contributed by atoms with Gasteiger partial charge in [-0.05, 0) is 44.3 Å². The van der Waals surface area contributed by atoms with Crippen LogP contribution in [0.1, 0.15) is 37.7 Å². The van der Waals surface area contributed by atoms with E-state index in [-0.39, 0.29) is 23.1 Å². The van der Waals surface area contributed by atoms with Crippen molar-refractivity contribution in [3.8, 4) is 0 Å². The molecular weight excluding hydrogens is 366 g/mol. The predicted octanol–water partition coefficient (Wildman–Crippen LogP) is 2.04. The van der Waals surface area contributed by atoms with Gasteiger partial charge in [0.05, 0.1) is 5.92 Å². The van der Waals surface area contributed by atoms with Crippen molar-refractivity contribution >= 4 is 11.8 Å². The monoisotopic (exact) mass is 399 g/mol. The van der Waals surface area contributed by atoms with Crippen molar-refractivity contribution in [2.75, 3.05) is 45.9 Å². The van der Waals surface area contributed by atoms with E-state index in [2.05, 4.69) is 10.2 Å². The molecule has 2 amide bonds. The van der Waals surface area contributed by atoms with E-state index in [1.165, 1.54) is 25.9 Å². The average molecular weight is 400 g/mol. The number of hydrogen-bond acceptors (Lipinski definition) is 4. The van der Waals surface area contributed by atoms with Crippen LogP contribution in [-0.2, 0) is 20.9 Å². The maximum absolute atomic E-state index is 12.9. The van der Waals surface area contributed by atoms with Crippen LogP contribution in [0.25, 0.3) is 0 Å². The minimum atomic E-state index is -0.241. The van der Waals surface area contributed by atoms with Crippen molar-refractivity contribution in [3.05, 3.63) is 35.9 Å². The van der Waals surface area contributed by atoms with Gasteiger partial charge in [0.1, 0.15) is 0 Å². The second-order valence-electron chi connectivity index (χ2n) is 8.97. The van der Waals surface area contributed by atoms with Gasteiger partial charge in [0.25, 0.3) is 0 Å². The molecule has 1 aromatic carbocycles. The Morgan fingerprint density at radius 2 is 1.86 bits per heavy atom. The Morgan fingerprint density at radius 3 is 2.59 bits per heavy atom. The Bertz CT molecular complexity index is 697. The number of likely N-dealkylation sites (tertiary alicyclic amines) is 2. The lowest BCUT2D eigenvalue weighted by molar-refractivity contribution is -0.129. The van der Waals surface area contributed by atoms with Gasteiger partial charge in [0.2, 0.25) is 11.8 Å². The van der Waals surface area contributed by atoms with Crippen molar-refractivity contribution in [1.82, 2.24) is 15.1 Å². The Hall–Kier alpha value is -1.92. The molecule has 3 saturated heterocycles. The maximum Gasteiger partial charge on any atom is 0.225 e. The standard InChI is InChI=1S/C23H33N3O3/c27-21-14-20(16-26(21)15-19-6-2-1-3-7-19)22(28)24-17-23(8-12-29-13-9-23)18-25-10-4-5-11-25/h1-3,6-7,20H,4-5,8-18H2,(H,24,28). The highest BCUT2D eigenvalue weighted by Gasteiger charge is 2.38. The molecule has 3 fully saturated rings. The van der Waals surface area contributed by atoms with Gasteiger partial charge in [-0.15, -0.1) is 0 Å². The Kier molecular flexibility index (Phi) is 6.50. The van der Waals surface area contributed by atoms with Crippen molar-refractivity contribution in [3.63, 3.8) is 0 Å². The summed E-state index contributed by atoms with van der Waals surface area (Å²) in [5, 5.41) is 3.21. The molecule has 1 unspecified atom stereocenters. The fourth-order valence-corrected chi connectivity index (χ4v) is 4.93. The molecule has 0 bridgehead atoms. The number of carbonyl (C=O) groups excluding carboxylic acids is 2. The molecule has 3 aliphatic rings. The summed E-state index contributed by atoms with van der Waals surface area (Å²) in [6, 6.07) is 9.98. The SMILES string of the molecule is O=C(NCC1(CN2CCCC2)CCOCC1)C1CC(=O)N(Cc2ccccc2)C1. The second kappa shape index (κ2) is 9.26. The van der Waals surface area contributed by atoms with Gasteiger partial charge in [-0.2, -0.15) is 0 Å². The van der Waals surface area contributed by atoms with E-state index < -0.39 is 0 Å². The van der Waals surface area contributed by atoms with E-state index >= 15 is 0 Å². The molecule has 1 N–H and O–H groups in total. The van der Waals surface area contributed by atoms with Crippen LogP contribution < -0.4 is 5.32 Å². The van der Waals surface area contributed by atoms with E-state index in [9.17, 15) is 9.59 Å². The molecule has 0 saturated carbocycles. The van der Waals surface area contributed by atoms with E-state index in [1.807, 2.05) is 35.2 Å². The van der Waals surface area contributed by atoms with Gasteiger partial charge in [-0.1, -0.05) is 30.3 Å². The van der Waals surface area contributed by atoms with Crippen LogP contribution in [-0.4, -0.2) is 67.6 Å². The average Bonchev–Trinajstić information content (AvgIpc) is 3.38. The maximum atomic E-state index is 12.9. The molecule has 1 atom stereocenters. The van der Waals surface area contributed by atoms with Crippen LogP contribution in [0.4, 0.5) is 0 Å². The molecule has 3 aliphatic heterocycles. The minimum absolute atomic E-state index is 0.0289. The zero-order valence-corrected chi connectivity index (χ0v) is 17.3. The van der Waals surface area contributed by atoms with Crippen LogP contribution in [0.3, 0.4) is 0 Å². The third-order valence-corrected chi connectivity index (χ3v) is 6.75. The summed E-state index contributed by atoms with van der Waals surface area (Å²) in [6.07, 6.45) is 4.86. The molecule has 158 valence electrons. The molecule has 4 rings (SSSR count). The van der Waals surface area contributed by atoms with Crippen molar-refractivity contribution < 1.29 is 14.3 Å². The Balaban J connectivity index is 1.31. The van der Waals surface area contributed by atoms with E-state index in [4.69, 9.17) is 4.74 Å². The first-order valence-corrected chi connectivity index (χ1v) is 11.0.